The van der Waals surface area contributed by atoms with E-state index in [4.69, 9.17) is 0 Å². The zero-order valence-electron chi connectivity index (χ0n) is 13.8. The van der Waals surface area contributed by atoms with Gasteiger partial charge in [0.2, 0.25) is 5.95 Å². The van der Waals surface area contributed by atoms with Crippen LogP contribution in [0.3, 0.4) is 0 Å². The van der Waals surface area contributed by atoms with Gasteiger partial charge in [0, 0.05) is 32.0 Å². The molecule has 0 unspecified atom stereocenters. The van der Waals surface area contributed by atoms with E-state index in [1.807, 2.05) is 28.5 Å². The van der Waals surface area contributed by atoms with Gasteiger partial charge in [-0.2, -0.15) is 0 Å². The molecule has 0 radical (unpaired) electrons. The monoisotopic (exact) mass is 353 g/mol. The fourth-order valence-corrected chi connectivity index (χ4v) is 3.83. The van der Waals surface area contributed by atoms with Crippen LogP contribution in [0.2, 0.25) is 0 Å². The Labute approximate surface area is 149 Å². The maximum absolute atomic E-state index is 12.9. The van der Waals surface area contributed by atoms with Gasteiger partial charge in [-0.25, -0.2) is 9.97 Å². The topological polar surface area (TPSA) is 71.0 Å². The Morgan fingerprint density at radius 2 is 2.08 bits per heavy atom. The van der Waals surface area contributed by atoms with Crippen LogP contribution in [0, 0.1) is 0 Å². The van der Waals surface area contributed by atoms with Crippen molar-refractivity contribution >= 4 is 33.4 Å². The summed E-state index contributed by atoms with van der Waals surface area (Å²) in [4.78, 5) is 28.0. The highest BCUT2D eigenvalue weighted by Gasteiger charge is 2.23. The van der Waals surface area contributed by atoms with Crippen molar-refractivity contribution in [3.63, 3.8) is 0 Å². The number of fused-ring (bicyclic) bond motifs is 1. The summed E-state index contributed by atoms with van der Waals surface area (Å²) in [7, 11) is 0. The smallest absolute Gasteiger partial charge is 0.274 e. The lowest BCUT2D eigenvalue weighted by Gasteiger charge is -2.26. The molecule has 7 heteroatoms. The first-order valence-corrected chi connectivity index (χ1v) is 9.36. The molecule has 1 aliphatic heterocycles. The number of anilines is 1. The SMILES string of the molecule is O=C(c1nc(NCc2cccnc2)nc2ccsc12)N1CCCCC1. The summed E-state index contributed by atoms with van der Waals surface area (Å²) in [5, 5.41) is 5.17. The van der Waals surface area contributed by atoms with Crippen LogP contribution >= 0.6 is 11.3 Å². The Kier molecular flexibility index (Phi) is 4.56. The number of likely N-dealkylation sites (tertiary alicyclic amines) is 1. The molecule has 6 nitrogen and oxygen atoms in total. The fraction of sp³-hybridized carbons (Fsp3) is 0.333. The predicted octanol–water partition coefficient (Wildman–Crippen LogP) is 3.32. The Balaban J connectivity index is 1.61. The standard InChI is InChI=1S/C18H19N5OS/c24-17(23-8-2-1-3-9-23)15-16-14(6-10-25-16)21-18(22-15)20-12-13-5-4-7-19-11-13/h4-7,10-11H,1-3,8-9,12H2,(H,20,21,22). The second kappa shape index (κ2) is 7.14. The van der Waals surface area contributed by atoms with E-state index < -0.39 is 0 Å². The third kappa shape index (κ3) is 3.46. The number of hydrogen-bond donors (Lipinski definition) is 1. The summed E-state index contributed by atoms with van der Waals surface area (Å²) >= 11 is 1.52. The third-order valence-electron chi connectivity index (χ3n) is 4.32. The zero-order chi connectivity index (χ0) is 17.1. The Bertz CT molecular complexity index is 874. The van der Waals surface area contributed by atoms with Gasteiger partial charge in [0.1, 0.15) is 0 Å². The van der Waals surface area contributed by atoms with E-state index >= 15 is 0 Å². The minimum absolute atomic E-state index is 0.0129. The lowest BCUT2D eigenvalue weighted by atomic mass is 10.1. The molecule has 4 rings (SSSR count). The summed E-state index contributed by atoms with van der Waals surface area (Å²) in [5.41, 5.74) is 2.37. The van der Waals surface area contributed by atoms with Gasteiger partial charge < -0.3 is 10.2 Å². The van der Waals surface area contributed by atoms with Crippen LogP contribution < -0.4 is 5.32 Å². The number of piperidine rings is 1. The lowest BCUT2D eigenvalue weighted by molar-refractivity contribution is 0.0721. The molecule has 0 aromatic carbocycles. The minimum atomic E-state index is 0.0129. The van der Waals surface area contributed by atoms with E-state index in [0.717, 1.165) is 41.7 Å². The second-order valence-corrected chi connectivity index (χ2v) is 7.01. The van der Waals surface area contributed by atoms with Crippen molar-refractivity contribution in [3.8, 4) is 0 Å². The van der Waals surface area contributed by atoms with E-state index in [0.29, 0.717) is 18.2 Å². The molecule has 0 spiro atoms. The molecule has 0 atom stereocenters. The molecule has 4 heterocycles. The molecular weight excluding hydrogens is 334 g/mol. The molecule has 25 heavy (non-hydrogen) atoms. The first-order valence-electron chi connectivity index (χ1n) is 8.48. The van der Waals surface area contributed by atoms with E-state index in [9.17, 15) is 4.79 Å². The molecule has 0 aliphatic carbocycles. The molecule has 1 N–H and O–H groups in total. The van der Waals surface area contributed by atoms with E-state index in [1.165, 1.54) is 17.8 Å². The van der Waals surface area contributed by atoms with Crippen LogP contribution in [0.5, 0.6) is 0 Å². The Hall–Kier alpha value is -2.54. The number of hydrogen-bond acceptors (Lipinski definition) is 6. The summed E-state index contributed by atoms with van der Waals surface area (Å²) in [6, 6.07) is 5.82. The second-order valence-electron chi connectivity index (χ2n) is 6.10. The van der Waals surface area contributed by atoms with Gasteiger partial charge in [-0.1, -0.05) is 6.07 Å². The van der Waals surface area contributed by atoms with Gasteiger partial charge in [0.25, 0.3) is 5.91 Å². The summed E-state index contributed by atoms with van der Waals surface area (Å²) < 4.78 is 0.863. The summed E-state index contributed by atoms with van der Waals surface area (Å²) in [6.45, 7) is 2.20. The molecule has 1 saturated heterocycles. The predicted molar refractivity (Wildman–Crippen MR) is 98.7 cm³/mol. The largest absolute Gasteiger partial charge is 0.350 e. The van der Waals surface area contributed by atoms with Crippen molar-refractivity contribution in [1.29, 1.82) is 0 Å². The summed E-state index contributed by atoms with van der Waals surface area (Å²) in [5.74, 6) is 0.495. The molecule has 0 bridgehead atoms. The highest BCUT2D eigenvalue weighted by molar-refractivity contribution is 7.17. The zero-order valence-corrected chi connectivity index (χ0v) is 14.6. The molecule has 3 aromatic rings. The third-order valence-corrected chi connectivity index (χ3v) is 5.23. The lowest BCUT2D eigenvalue weighted by Crippen LogP contribution is -2.36. The normalized spacial score (nSPS) is 14.6. The van der Waals surface area contributed by atoms with Crippen molar-refractivity contribution < 1.29 is 4.79 Å². The van der Waals surface area contributed by atoms with Gasteiger partial charge in [-0.3, -0.25) is 9.78 Å². The van der Waals surface area contributed by atoms with Crippen molar-refractivity contribution in [1.82, 2.24) is 19.9 Å². The number of nitrogens with zero attached hydrogens (tertiary/aromatic N) is 4. The molecule has 128 valence electrons. The van der Waals surface area contributed by atoms with Gasteiger partial charge >= 0.3 is 0 Å². The Morgan fingerprint density at radius 3 is 2.88 bits per heavy atom. The number of amides is 1. The quantitative estimate of drug-likeness (QED) is 0.779. The van der Waals surface area contributed by atoms with Crippen molar-refractivity contribution in [3.05, 3.63) is 47.2 Å². The van der Waals surface area contributed by atoms with Gasteiger partial charge in [0.15, 0.2) is 5.69 Å². The average Bonchev–Trinajstić information content (AvgIpc) is 3.15. The highest BCUT2D eigenvalue weighted by Crippen LogP contribution is 2.25. The van der Waals surface area contributed by atoms with Gasteiger partial charge in [0.05, 0.1) is 10.2 Å². The molecule has 0 saturated carbocycles. The number of carbonyl (C=O) groups excluding carboxylic acids is 1. The van der Waals surface area contributed by atoms with Crippen LogP contribution in [0.4, 0.5) is 5.95 Å². The van der Waals surface area contributed by atoms with E-state index in [1.54, 1.807) is 12.4 Å². The van der Waals surface area contributed by atoms with Crippen molar-refractivity contribution in [2.75, 3.05) is 18.4 Å². The first-order chi connectivity index (χ1) is 12.3. The molecular formula is C18H19N5OS. The highest BCUT2D eigenvalue weighted by atomic mass is 32.1. The number of pyridine rings is 1. The van der Waals surface area contributed by atoms with Gasteiger partial charge in [-0.15, -0.1) is 11.3 Å². The summed E-state index contributed by atoms with van der Waals surface area (Å²) in [6.07, 6.45) is 6.87. The fourth-order valence-electron chi connectivity index (χ4n) is 3.02. The van der Waals surface area contributed by atoms with Crippen LogP contribution in [0.25, 0.3) is 10.2 Å². The number of nitrogens with one attached hydrogen (secondary N) is 1. The van der Waals surface area contributed by atoms with E-state index in [2.05, 4.69) is 20.3 Å². The molecule has 1 amide bonds. The number of aromatic nitrogens is 3. The average molecular weight is 353 g/mol. The molecule has 3 aromatic heterocycles. The van der Waals surface area contributed by atoms with Crippen molar-refractivity contribution in [2.24, 2.45) is 0 Å². The molecule has 1 aliphatic rings. The maximum atomic E-state index is 12.9. The van der Waals surface area contributed by atoms with E-state index in [-0.39, 0.29) is 5.91 Å². The Morgan fingerprint density at radius 1 is 1.20 bits per heavy atom. The van der Waals surface area contributed by atoms with Crippen LogP contribution in [-0.4, -0.2) is 38.8 Å². The van der Waals surface area contributed by atoms with Crippen molar-refractivity contribution in [2.45, 2.75) is 25.8 Å². The number of carbonyl (C=O) groups is 1. The maximum Gasteiger partial charge on any atom is 0.274 e. The van der Waals surface area contributed by atoms with Crippen LogP contribution in [0.15, 0.2) is 36.0 Å². The van der Waals surface area contributed by atoms with Gasteiger partial charge in [-0.05, 0) is 42.3 Å². The molecule has 1 fully saturated rings. The van der Waals surface area contributed by atoms with Crippen LogP contribution in [0.1, 0.15) is 35.3 Å². The number of rotatable bonds is 4. The van der Waals surface area contributed by atoms with Crippen LogP contribution in [-0.2, 0) is 6.54 Å². The first kappa shape index (κ1) is 16.0. The number of thiophene rings is 1. The minimum Gasteiger partial charge on any atom is -0.350 e.